The summed E-state index contributed by atoms with van der Waals surface area (Å²) in [5.74, 6) is -1.80. The molecular formula is C26H16ClN3O5S. The molecule has 178 valence electrons. The third-order valence-corrected chi connectivity index (χ3v) is 7.15. The van der Waals surface area contributed by atoms with Crippen LogP contribution in [0.4, 0.5) is 5.13 Å². The normalized spacial score (nSPS) is 15.9. The largest absolute Gasteiger partial charge is 0.503 e. The fraction of sp³-hybridized carbons (Fsp3) is 0.0769. The maximum absolute atomic E-state index is 13.8. The van der Waals surface area contributed by atoms with Crippen LogP contribution in [-0.4, -0.2) is 33.9 Å². The number of benzene rings is 2. The predicted molar refractivity (Wildman–Crippen MR) is 136 cm³/mol. The van der Waals surface area contributed by atoms with E-state index in [1.807, 2.05) is 24.3 Å². The third-order valence-electron chi connectivity index (χ3n) is 5.90. The zero-order valence-electron chi connectivity index (χ0n) is 18.6. The number of carbonyl (C=O) groups is 2. The summed E-state index contributed by atoms with van der Waals surface area (Å²) in [6.07, 6.45) is 1.56. The van der Waals surface area contributed by atoms with Gasteiger partial charge in [0.1, 0.15) is 6.04 Å². The van der Waals surface area contributed by atoms with Gasteiger partial charge in [0, 0.05) is 22.7 Å². The van der Waals surface area contributed by atoms with Gasteiger partial charge in [0.25, 0.3) is 5.91 Å². The number of aliphatic hydroxyl groups is 1. The van der Waals surface area contributed by atoms with E-state index in [1.165, 1.54) is 29.4 Å². The summed E-state index contributed by atoms with van der Waals surface area (Å²) in [6.45, 7) is 0. The zero-order chi connectivity index (χ0) is 25.0. The van der Waals surface area contributed by atoms with E-state index in [4.69, 9.17) is 20.8 Å². The quantitative estimate of drug-likeness (QED) is 0.290. The monoisotopic (exact) mass is 517 g/mol. The third kappa shape index (κ3) is 3.43. The first-order valence-electron chi connectivity index (χ1n) is 10.8. The molecule has 0 radical (unpaired) electrons. The van der Waals surface area contributed by atoms with Gasteiger partial charge in [0.15, 0.2) is 28.0 Å². The maximum Gasteiger partial charge on any atom is 0.296 e. The number of carbonyl (C=O) groups excluding carboxylic acids is 2. The molecule has 8 nitrogen and oxygen atoms in total. The van der Waals surface area contributed by atoms with Crippen molar-refractivity contribution in [2.24, 2.45) is 0 Å². The molecule has 1 unspecified atom stereocenters. The van der Waals surface area contributed by atoms with Crippen molar-refractivity contribution in [2.75, 3.05) is 12.0 Å². The molecule has 3 aromatic heterocycles. The van der Waals surface area contributed by atoms with Crippen LogP contribution in [0, 0.1) is 0 Å². The van der Waals surface area contributed by atoms with Crippen molar-refractivity contribution in [1.82, 2.24) is 9.97 Å². The molecule has 0 bridgehead atoms. The molecule has 1 N–H and O–H groups in total. The van der Waals surface area contributed by atoms with Gasteiger partial charge in [-0.05, 0) is 36.4 Å². The van der Waals surface area contributed by atoms with Gasteiger partial charge in [-0.25, -0.2) is 4.98 Å². The first-order valence-corrected chi connectivity index (χ1v) is 12.0. The minimum Gasteiger partial charge on any atom is -0.503 e. The van der Waals surface area contributed by atoms with Gasteiger partial charge in [-0.15, -0.1) is 0 Å². The molecule has 0 aliphatic carbocycles. The number of para-hydroxylation sites is 1. The van der Waals surface area contributed by atoms with E-state index in [9.17, 15) is 14.7 Å². The Bertz CT molecular complexity index is 1680. The minimum atomic E-state index is -1.01. The van der Waals surface area contributed by atoms with Crippen LogP contribution >= 0.6 is 22.9 Å². The molecule has 1 amide bonds. The molecule has 0 fully saturated rings. The summed E-state index contributed by atoms with van der Waals surface area (Å²) < 4.78 is 12.0. The van der Waals surface area contributed by atoms with Gasteiger partial charge < -0.3 is 14.3 Å². The Morgan fingerprint density at radius 2 is 1.97 bits per heavy atom. The van der Waals surface area contributed by atoms with Crippen LogP contribution in [0.3, 0.4) is 0 Å². The number of furan rings is 1. The molecule has 1 atom stereocenters. The van der Waals surface area contributed by atoms with E-state index in [1.54, 1.807) is 36.5 Å². The molecule has 2 aromatic carbocycles. The molecular weight excluding hydrogens is 502 g/mol. The van der Waals surface area contributed by atoms with Gasteiger partial charge in [0.2, 0.25) is 5.78 Å². The number of rotatable bonds is 5. The van der Waals surface area contributed by atoms with Crippen LogP contribution in [0.25, 0.3) is 21.2 Å². The first-order chi connectivity index (χ1) is 17.5. The number of nitrogens with zero attached hydrogens (tertiary/aromatic N) is 3. The Labute approximate surface area is 213 Å². The Balaban J connectivity index is 1.50. The van der Waals surface area contributed by atoms with Crippen molar-refractivity contribution < 1.29 is 23.8 Å². The average molecular weight is 518 g/mol. The van der Waals surface area contributed by atoms with Crippen LogP contribution in [0.5, 0.6) is 5.75 Å². The predicted octanol–water partition coefficient (Wildman–Crippen LogP) is 5.88. The van der Waals surface area contributed by atoms with Crippen LogP contribution < -0.4 is 9.64 Å². The molecule has 1 aliphatic heterocycles. The molecule has 0 spiro atoms. The highest BCUT2D eigenvalue weighted by molar-refractivity contribution is 7.22. The lowest BCUT2D eigenvalue weighted by Gasteiger charge is -2.23. The number of ether oxygens (including phenoxy) is 1. The summed E-state index contributed by atoms with van der Waals surface area (Å²) in [6, 6.07) is 16.3. The number of hydrogen-bond donors (Lipinski definition) is 1. The number of methoxy groups -OCH3 is 1. The fourth-order valence-corrected chi connectivity index (χ4v) is 5.51. The van der Waals surface area contributed by atoms with E-state index < -0.39 is 23.5 Å². The number of anilines is 1. The van der Waals surface area contributed by atoms with Crippen LogP contribution in [0.1, 0.15) is 22.3 Å². The molecule has 0 saturated heterocycles. The molecule has 36 heavy (non-hydrogen) atoms. The Morgan fingerprint density at radius 1 is 1.17 bits per heavy atom. The summed E-state index contributed by atoms with van der Waals surface area (Å²) in [5.41, 5.74) is 1.27. The summed E-state index contributed by atoms with van der Waals surface area (Å²) in [5, 5.41) is 12.3. The highest BCUT2D eigenvalue weighted by Crippen LogP contribution is 2.44. The lowest BCUT2D eigenvalue weighted by molar-refractivity contribution is -0.117. The van der Waals surface area contributed by atoms with Crippen LogP contribution in [0.2, 0.25) is 5.02 Å². The van der Waals surface area contributed by atoms with E-state index in [-0.39, 0.29) is 11.3 Å². The number of hydrogen-bond acceptors (Lipinski definition) is 8. The van der Waals surface area contributed by atoms with E-state index in [0.717, 1.165) is 4.70 Å². The Hall–Kier alpha value is -4.21. The van der Waals surface area contributed by atoms with Gasteiger partial charge in [0.05, 0.1) is 28.6 Å². The average Bonchev–Trinajstić information content (AvgIpc) is 3.58. The standard InChI is InChI=1S/C26H16ClN3O5S/c1-34-18-12-14(27)10-13-11-17(35-24(13)18)22(31)20-21(16-7-4-5-9-28-16)30(25(33)23(20)32)26-29-15-6-2-3-8-19(15)36-26/h2-12,21,32H,1H3. The SMILES string of the molecule is COc1cc(Cl)cc2cc(C(=O)C3=C(O)C(=O)N(c4nc5ccccc5s4)C3c3ccccn3)oc12. The number of aromatic nitrogens is 2. The molecule has 6 rings (SSSR count). The molecule has 10 heteroatoms. The Morgan fingerprint density at radius 3 is 2.72 bits per heavy atom. The summed E-state index contributed by atoms with van der Waals surface area (Å²) in [7, 11) is 1.46. The maximum atomic E-state index is 13.8. The van der Waals surface area contributed by atoms with Gasteiger partial charge >= 0.3 is 0 Å². The smallest absolute Gasteiger partial charge is 0.296 e. The van der Waals surface area contributed by atoms with Crippen LogP contribution in [0.15, 0.2) is 82.6 Å². The van der Waals surface area contributed by atoms with E-state index in [0.29, 0.717) is 38.1 Å². The minimum absolute atomic E-state index is 0.0769. The number of pyridine rings is 1. The number of thiazole rings is 1. The topological polar surface area (TPSA) is 106 Å². The van der Waals surface area contributed by atoms with Gasteiger partial charge in [-0.2, -0.15) is 0 Å². The molecule has 0 saturated carbocycles. The number of fused-ring (bicyclic) bond motifs is 2. The second-order valence-electron chi connectivity index (χ2n) is 8.02. The second kappa shape index (κ2) is 8.47. The lowest BCUT2D eigenvalue weighted by Crippen LogP contribution is -2.31. The highest BCUT2D eigenvalue weighted by Gasteiger charge is 2.47. The zero-order valence-corrected chi connectivity index (χ0v) is 20.2. The van der Waals surface area contributed by atoms with Crippen molar-refractivity contribution in [1.29, 1.82) is 0 Å². The van der Waals surface area contributed by atoms with E-state index >= 15 is 0 Å². The second-order valence-corrected chi connectivity index (χ2v) is 9.47. The summed E-state index contributed by atoms with van der Waals surface area (Å²) >= 11 is 7.44. The lowest BCUT2D eigenvalue weighted by atomic mass is 9.98. The van der Waals surface area contributed by atoms with Crippen molar-refractivity contribution in [2.45, 2.75) is 6.04 Å². The molecule has 4 heterocycles. The van der Waals surface area contributed by atoms with Gasteiger partial charge in [-0.3, -0.25) is 19.5 Å². The van der Waals surface area contributed by atoms with Crippen molar-refractivity contribution in [3.8, 4) is 5.75 Å². The number of Topliss-reactive ketones (excluding diaryl/α,β-unsaturated/α-hetero) is 1. The van der Waals surface area contributed by atoms with Crippen molar-refractivity contribution in [3.63, 3.8) is 0 Å². The van der Waals surface area contributed by atoms with Crippen LogP contribution in [-0.2, 0) is 4.79 Å². The number of aliphatic hydroxyl groups excluding tert-OH is 1. The summed E-state index contributed by atoms with van der Waals surface area (Å²) in [4.78, 5) is 37.4. The molecule has 1 aliphatic rings. The van der Waals surface area contributed by atoms with E-state index in [2.05, 4.69) is 9.97 Å². The number of halogens is 1. The Kier molecular flexibility index (Phi) is 5.24. The van der Waals surface area contributed by atoms with Crippen molar-refractivity contribution in [3.05, 3.63) is 94.7 Å². The molecule has 5 aromatic rings. The number of amides is 1. The van der Waals surface area contributed by atoms with Crippen molar-refractivity contribution >= 4 is 60.9 Å². The fourth-order valence-electron chi connectivity index (χ4n) is 4.30. The van der Waals surface area contributed by atoms with Gasteiger partial charge in [-0.1, -0.05) is 41.1 Å². The first kappa shape index (κ1) is 22.3. The highest BCUT2D eigenvalue weighted by atomic mass is 35.5. The number of ketones is 1.